The second-order valence-electron chi connectivity index (χ2n) is 5.70. The standard InChI is InChI=1S/C20H26N2O3/c1-23-18-8-4-5-9-19(18)25-15-7-3-2-6-14-24-17-12-10-16(11-13-17)20(21)22/h4-5,8-13H,2-3,6-7,14-15H2,1H3,(H3,21,22). The van der Waals surface area contributed by atoms with Gasteiger partial charge in [-0.3, -0.25) is 5.41 Å². The fourth-order valence-electron chi connectivity index (χ4n) is 2.40. The molecule has 134 valence electrons. The smallest absolute Gasteiger partial charge is 0.161 e. The first-order valence-electron chi connectivity index (χ1n) is 8.54. The van der Waals surface area contributed by atoms with E-state index in [2.05, 4.69) is 0 Å². The first kappa shape index (κ1) is 18.6. The number of methoxy groups -OCH3 is 1. The van der Waals surface area contributed by atoms with Crippen LogP contribution in [0.25, 0.3) is 0 Å². The van der Waals surface area contributed by atoms with E-state index in [1.807, 2.05) is 36.4 Å². The Kier molecular flexibility index (Phi) is 7.63. The second kappa shape index (κ2) is 10.2. The Labute approximate surface area is 149 Å². The highest BCUT2D eigenvalue weighted by Gasteiger charge is 2.02. The van der Waals surface area contributed by atoms with Crippen molar-refractivity contribution in [3.63, 3.8) is 0 Å². The van der Waals surface area contributed by atoms with Crippen LogP contribution >= 0.6 is 0 Å². The Morgan fingerprint density at radius 2 is 1.44 bits per heavy atom. The number of unbranched alkanes of at least 4 members (excludes halogenated alkanes) is 3. The Morgan fingerprint density at radius 3 is 2.04 bits per heavy atom. The van der Waals surface area contributed by atoms with E-state index in [1.54, 1.807) is 19.2 Å². The molecule has 0 aromatic heterocycles. The molecule has 0 bridgehead atoms. The van der Waals surface area contributed by atoms with Gasteiger partial charge in [-0.2, -0.15) is 0 Å². The molecule has 0 saturated heterocycles. The zero-order valence-corrected chi connectivity index (χ0v) is 14.7. The summed E-state index contributed by atoms with van der Waals surface area (Å²) in [4.78, 5) is 0. The number of benzene rings is 2. The van der Waals surface area contributed by atoms with Crippen LogP contribution in [0, 0.1) is 5.41 Å². The van der Waals surface area contributed by atoms with E-state index < -0.39 is 0 Å². The van der Waals surface area contributed by atoms with Crippen LogP contribution in [0.3, 0.4) is 0 Å². The van der Waals surface area contributed by atoms with Crippen LogP contribution < -0.4 is 19.9 Å². The molecule has 0 spiro atoms. The summed E-state index contributed by atoms with van der Waals surface area (Å²) in [5.74, 6) is 2.44. The lowest BCUT2D eigenvalue weighted by Gasteiger charge is -2.10. The van der Waals surface area contributed by atoms with E-state index >= 15 is 0 Å². The van der Waals surface area contributed by atoms with Gasteiger partial charge in [0.25, 0.3) is 0 Å². The van der Waals surface area contributed by atoms with Crippen molar-refractivity contribution in [1.29, 1.82) is 5.41 Å². The fourth-order valence-corrected chi connectivity index (χ4v) is 2.40. The van der Waals surface area contributed by atoms with Gasteiger partial charge in [-0.05, 0) is 62.1 Å². The third-order valence-corrected chi connectivity index (χ3v) is 3.80. The number of hydrogen-bond donors (Lipinski definition) is 2. The predicted octanol–water partition coefficient (Wildman–Crippen LogP) is 4.00. The molecule has 0 fully saturated rings. The maximum absolute atomic E-state index is 7.35. The minimum atomic E-state index is 0.0712. The average molecular weight is 342 g/mol. The van der Waals surface area contributed by atoms with E-state index in [9.17, 15) is 0 Å². The van der Waals surface area contributed by atoms with Crippen LogP contribution in [-0.4, -0.2) is 26.2 Å². The van der Waals surface area contributed by atoms with Crippen LogP contribution in [0.1, 0.15) is 31.2 Å². The third-order valence-electron chi connectivity index (χ3n) is 3.80. The first-order chi connectivity index (χ1) is 12.2. The lowest BCUT2D eigenvalue weighted by molar-refractivity contribution is 0.277. The summed E-state index contributed by atoms with van der Waals surface area (Å²) >= 11 is 0. The molecule has 0 aliphatic rings. The Balaban J connectivity index is 1.54. The molecule has 2 aromatic rings. The van der Waals surface area contributed by atoms with Gasteiger partial charge in [0.05, 0.1) is 20.3 Å². The van der Waals surface area contributed by atoms with Gasteiger partial charge >= 0.3 is 0 Å². The molecular weight excluding hydrogens is 316 g/mol. The number of ether oxygens (including phenoxy) is 3. The van der Waals surface area contributed by atoms with E-state index in [1.165, 1.54) is 0 Å². The van der Waals surface area contributed by atoms with Gasteiger partial charge in [0, 0.05) is 5.56 Å². The Bertz CT molecular complexity index is 656. The van der Waals surface area contributed by atoms with Gasteiger partial charge in [-0.1, -0.05) is 12.1 Å². The van der Waals surface area contributed by atoms with Crippen LogP contribution in [0.4, 0.5) is 0 Å². The summed E-state index contributed by atoms with van der Waals surface area (Å²) in [5, 5.41) is 7.35. The summed E-state index contributed by atoms with van der Waals surface area (Å²) in [6.45, 7) is 1.38. The molecule has 0 saturated carbocycles. The zero-order chi connectivity index (χ0) is 17.9. The van der Waals surface area contributed by atoms with Gasteiger partial charge in [0.2, 0.25) is 0 Å². The molecule has 5 nitrogen and oxygen atoms in total. The minimum Gasteiger partial charge on any atom is -0.494 e. The number of amidine groups is 1. The van der Waals surface area contributed by atoms with Crippen molar-refractivity contribution in [3.05, 3.63) is 54.1 Å². The highest BCUT2D eigenvalue weighted by atomic mass is 16.5. The number of nitrogen functional groups attached to an aromatic ring is 1. The summed E-state index contributed by atoms with van der Waals surface area (Å²) in [6.07, 6.45) is 4.21. The third kappa shape index (κ3) is 6.37. The van der Waals surface area contributed by atoms with Crippen LogP contribution in [0.5, 0.6) is 17.2 Å². The quantitative estimate of drug-likeness (QED) is 0.368. The fraction of sp³-hybridized carbons (Fsp3) is 0.350. The van der Waals surface area contributed by atoms with Gasteiger partial charge in [0.1, 0.15) is 11.6 Å². The van der Waals surface area contributed by atoms with Crippen molar-refractivity contribution in [3.8, 4) is 17.2 Å². The molecule has 0 amide bonds. The summed E-state index contributed by atoms with van der Waals surface area (Å²) < 4.78 is 16.7. The second-order valence-corrected chi connectivity index (χ2v) is 5.70. The number of nitrogens with one attached hydrogen (secondary N) is 1. The van der Waals surface area contributed by atoms with Crippen LogP contribution in [0.15, 0.2) is 48.5 Å². The van der Waals surface area contributed by atoms with Crippen molar-refractivity contribution in [2.24, 2.45) is 5.73 Å². The van der Waals surface area contributed by atoms with Gasteiger partial charge in [0.15, 0.2) is 11.5 Å². The normalized spacial score (nSPS) is 10.3. The molecule has 0 aliphatic heterocycles. The van der Waals surface area contributed by atoms with Gasteiger partial charge in [-0.25, -0.2) is 0 Å². The van der Waals surface area contributed by atoms with E-state index in [4.69, 9.17) is 25.4 Å². The Morgan fingerprint density at radius 1 is 0.840 bits per heavy atom. The van der Waals surface area contributed by atoms with Crippen LogP contribution in [0.2, 0.25) is 0 Å². The van der Waals surface area contributed by atoms with Crippen molar-refractivity contribution < 1.29 is 14.2 Å². The number of para-hydroxylation sites is 2. The molecule has 5 heteroatoms. The Hall–Kier alpha value is -2.69. The molecule has 2 aromatic carbocycles. The number of nitrogens with two attached hydrogens (primary N) is 1. The zero-order valence-electron chi connectivity index (χ0n) is 14.7. The molecule has 3 N–H and O–H groups in total. The SMILES string of the molecule is COc1ccccc1OCCCCCCOc1ccc(C(=N)N)cc1. The van der Waals surface area contributed by atoms with E-state index in [-0.39, 0.29) is 5.84 Å². The highest BCUT2D eigenvalue weighted by molar-refractivity contribution is 5.94. The lowest BCUT2D eigenvalue weighted by atomic mass is 10.2. The van der Waals surface area contributed by atoms with Crippen molar-refractivity contribution in [2.75, 3.05) is 20.3 Å². The number of hydrogen-bond acceptors (Lipinski definition) is 4. The van der Waals surface area contributed by atoms with Gasteiger partial charge in [-0.15, -0.1) is 0 Å². The van der Waals surface area contributed by atoms with Crippen molar-refractivity contribution in [1.82, 2.24) is 0 Å². The van der Waals surface area contributed by atoms with E-state index in [0.29, 0.717) is 18.8 Å². The largest absolute Gasteiger partial charge is 0.494 e. The van der Waals surface area contributed by atoms with Crippen molar-refractivity contribution in [2.45, 2.75) is 25.7 Å². The monoisotopic (exact) mass is 342 g/mol. The molecule has 0 heterocycles. The predicted molar refractivity (Wildman–Crippen MR) is 99.9 cm³/mol. The van der Waals surface area contributed by atoms with Crippen molar-refractivity contribution >= 4 is 5.84 Å². The molecule has 0 atom stereocenters. The highest BCUT2D eigenvalue weighted by Crippen LogP contribution is 2.25. The summed E-state index contributed by atoms with van der Waals surface area (Å²) in [5.41, 5.74) is 6.13. The summed E-state index contributed by atoms with van der Waals surface area (Å²) in [7, 11) is 1.65. The molecule has 25 heavy (non-hydrogen) atoms. The minimum absolute atomic E-state index is 0.0712. The number of rotatable bonds is 11. The lowest BCUT2D eigenvalue weighted by Crippen LogP contribution is -2.10. The van der Waals surface area contributed by atoms with Gasteiger partial charge < -0.3 is 19.9 Å². The van der Waals surface area contributed by atoms with E-state index in [0.717, 1.165) is 42.9 Å². The molecule has 2 rings (SSSR count). The average Bonchev–Trinajstić information content (AvgIpc) is 2.64. The van der Waals surface area contributed by atoms with Crippen LogP contribution in [-0.2, 0) is 0 Å². The molecule has 0 unspecified atom stereocenters. The maximum atomic E-state index is 7.35. The molecular formula is C20H26N2O3. The first-order valence-corrected chi connectivity index (χ1v) is 8.54. The maximum Gasteiger partial charge on any atom is 0.161 e. The topological polar surface area (TPSA) is 77.6 Å². The molecule has 0 aliphatic carbocycles. The summed E-state index contributed by atoms with van der Waals surface area (Å²) in [6, 6.07) is 15.0. The molecule has 0 radical (unpaired) electrons.